The van der Waals surface area contributed by atoms with Crippen molar-refractivity contribution in [1.82, 2.24) is 10.2 Å². The summed E-state index contributed by atoms with van der Waals surface area (Å²) in [6.45, 7) is 1.01. The molecule has 5 nitrogen and oxygen atoms in total. The van der Waals surface area contributed by atoms with E-state index in [0.717, 1.165) is 12.8 Å². The second kappa shape index (κ2) is 6.33. The number of benzene rings is 1. The van der Waals surface area contributed by atoms with E-state index in [0.29, 0.717) is 13.2 Å². The molecule has 0 spiro atoms. The molecule has 1 saturated heterocycles. The van der Waals surface area contributed by atoms with Gasteiger partial charge in [-0.05, 0) is 18.4 Å². The Labute approximate surface area is 113 Å². The quantitative estimate of drug-likeness (QED) is 0.817. The number of amides is 2. The van der Waals surface area contributed by atoms with Gasteiger partial charge in [-0.3, -0.25) is 10.7 Å². The second-order valence-electron chi connectivity index (χ2n) is 4.57. The van der Waals surface area contributed by atoms with Crippen LogP contribution in [-0.4, -0.2) is 43.1 Å². The first-order valence-corrected chi connectivity index (χ1v) is 6.41. The van der Waals surface area contributed by atoms with Gasteiger partial charge in [0.05, 0.1) is 12.6 Å². The molecule has 1 aromatic rings. The Morgan fingerprint density at radius 2 is 2.11 bits per heavy atom. The van der Waals surface area contributed by atoms with E-state index in [1.807, 2.05) is 18.2 Å². The van der Waals surface area contributed by atoms with E-state index in [2.05, 4.69) is 17.4 Å². The SMILES string of the molecule is COCCN1C(=O)NC(=N)C1CCc1ccccc1. The van der Waals surface area contributed by atoms with E-state index >= 15 is 0 Å². The van der Waals surface area contributed by atoms with Gasteiger partial charge < -0.3 is 9.64 Å². The third-order valence-corrected chi connectivity index (χ3v) is 3.30. The predicted molar refractivity (Wildman–Crippen MR) is 73.4 cm³/mol. The van der Waals surface area contributed by atoms with Gasteiger partial charge in [0.2, 0.25) is 0 Å². The van der Waals surface area contributed by atoms with Crippen LogP contribution < -0.4 is 5.32 Å². The molecule has 1 fully saturated rings. The largest absolute Gasteiger partial charge is 0.383 e. The second-order valence-corrected chi connectivity index (χ2v) is 4.57. The van der Waals surface area contributed by atoms with Crippen LogP contribution in [0.5, 0.6) is 0 Å². The molecular weight excluding hydrogens is 242 g/mol. The Balaban J connectivity index is 1.96. The van der Waals surface area contributed by atoms with Crippen molar-refractivity contribution < 1.29 is 9.53 Å². The molecule has 1 atom stereocenters. The highest BCUT2D eigenvalue weighted by atomic mass is 16.5. The van der Waals surface area contributed by atoms with Crippen molar-refractivity contribution in [3.8, 4) is 0 Å². The van der Waals surface area contributed by atoms with Crippen molar-refractivity contribution in [3.63, 3.8) is 0 Å². The normalized spacial score (nSPS) is 18.8. The summed E-state index contributed by atoms with van der Waals surface area (Å²) >= 11 is 0. The van der Waals surface area contributed by atoms with E-state index in [-0.39, 0.29) is 17.9 Å². The maximum Gasteiger partial charge on any atom is 0.323 e. The van der Waals surface area contributed by atoms with Gasteiger partial charge in [-0.2, -0.15) is 0 Å². The maximum atomic E-state index is 11.7. The summed E-state index contributed by atoms with van der Waals surface area (Å²) in [6, 6.07) is 9.75. The number of carbonyl (C=O) groups excluding carboxylic acids is 1. The van der Waals surface area contributed by atoms with E-state index in [1.165, 1.54) is 5.56 Å². The van der Waals surface area contributed by atoms with Crippen molar-refractivity contribution in [2.24, 2.45) is 0 Å². The molecule has 1 unspecified atom stereocenters. The summed E-state index contributed by atoms with van der Waals surface area (Å²) in [5.74, 6) is 0.289. The van der Waals surface area contributed by atoms with Crippen LogP contribution in [0.15, 0.2) is 30.3 Å². The summed E-state index contributed by atoms with van der Waals surface area (Å²) in [5.41, 5.74) is 1.22. The number of rotatable bonds is 6. The van der Waals surface area contributed by atoms with Crippen molar-refractivity contribution in [2.45, 2.75) is 18.9 Å². The molecule has 1 heterocycles. The monoisotopic (exact) mass is 261 g/mol. The third-order valence-electron chi connectivity index (χ3n) is 3.30. The number of urea groups is 1. The van der Waals surface area contributed by atoms with Crippen LogP contribution in [0, 0.1) is 5.41 Å². The Hall–Kier alpha value is -1.88. The lowest BCUT2D eigenvalue weighted by Crippen LogP contribution is -2.37. The molecule has 19 heavy (non-hydrogen) atoms. The highest BCUT2D eigenvalue weighted by molar-refractivity contribution is 6.05. The lowest BCUT2D eigenvalue weighted by molar-refractivity contribution is 0.149. The number of hydrogen-bond acceptors (Lipinski definition) is 3. The lowest BCUT2D eigenvalue weighted by Gasteiger charge is -2.22. The molecule has 1 aliphatic heterocycles. The molecule has 0 aromatic heterocycles. The third kappa shape index (κ3) is 3.32. The first kappa shape index (κ1) is 13.5. The topological polar surface area (TPSA) is 65.4 Å². The number of carbonyl (C=O) groups is 1. The molecule has 2 rings (SSSR count). The highest BCUT2D eigenvalue weighted by Crippen LogP contribution is 2.15. The van der Waals surface area contributed by atoms with Gasteiger partial charge in [0.15, 0.2) is 0 Å². The van der Waals surface area contributed by atoms with Crippen LogP contribution in [0.1, 0.15) is 12.0 Å². The molecule has 0 bridgehead atoms. The van der Waals surface area contributed by atoms with Crippen LogP contribution in [0.2, 0.25) is 0 Å². The number of methoxy groups -OCH3 is 1. The number of amidine groups is 1. The Bertz CT molecular complexity index is 447. The first-order chi connectivity index (χ1) is 9.22. The maximum absolute atomic E-state index is 11.7. The molecule has 102 valence electrons. The van der Waals surface area contributed by atoms with Gasteiger partial charge >= 0.3 is 6.03 Å². The van der Waals surface area contributed by atoms with Gasteiger partial charge in [-0.15, -0.1) is 0 Å². The van der Waals surface area contributed by atoms with Gasteiger partial charge in [-0.1, -0.05) is 30.3 Å². The molecule has 2 amide bonds. The molecular formula is C14H19N3O2. The first-order valence-electron chi connectivity index (χ1n) is 6.41. The number of nitrogens with one attached hydrogen (secondary N) is 2. The zero-order chi connectivity index (χ0) is 13.7. The number of hydrogen-bond donors (Lipinski definition) is 2. The van der Waals surface area contributed by atoms with Crippen molar-refractivity contribution in [1.29, 1.82) is 5.41 Å². The number of aryl methyl sites for hydroxylation is 1. The average molecular weight is 261 g/mol. The van der Waals surface area contributed by atoms with E-state index < -0.39 is 0 Å². The van der Waals surface area contributed by atoms with Crippen molar-refractivity contribution in [3.05, 3.63) is 35.9 Å². The number of nitrogens with zero attached hydrogens (tertiary/aromatic N) is 1. The van der Waals surface area contributed by atoms with Crippen LogP contribution in [0.4, 0.5) is 4.79 Å². The number of ether oxygens (including phenoxy) is 1. The Morgan fingerprint density at radius 3 is 2.79 bits per heavy atom. The van der Waals surface area contributed by atoms with Crippen LogP contribution in [0.3, 0.4) is 0 Å². The van der Waals surface area contributed by atoms with E-state index in [9.17, 15) is 4.79 Å². The van der Waals surface area contributed by atoms with Gasteiger partial charge in [-0.25, -0.2) is 4.79 Å². The van der Waals surface area contributed by atoms with Crippen molar-refractivity contribution in [2.75, 3.05) is 20.3 Å². The molecule has 2 N–H and O–H groups in total. The molecule has 0 saturated carbocycles. The fourth-order valence-electron chi connectivity index (χ4n) is 2.26. The summed E-state index contributed by atoms with van der Waals surface area (Å²) in [6.07, 6.45) is 1.61. The van der Waals surface area contributed by atoms with Crippen LogP contribution >= 0.6 is 0 Å². The lowest BCUT2D eigenvalue weighted by atomic mass is 10.0. The molecule has 1 aromatic carbocycles. The minimum Gasteiger partial charge on any atom is -0.383 e. The predicted octanol–water partition coefficient (Wildman–Crippen LogP) is 1.64. The summed E-state index contributed by atoms with van der Waals surface area (Å²) in [7, 11) is 1.61. The van der Waals surface area contributed by atoms with Gasteiger partial charge in [0.25, 0.3) is 0 Å². The highest BCUT2D eigenvalue weighted by Gasteiger charge is 2.34. The molecule has 0 aliphatic carbocycles. The summed E-state index contributed by atoms with van der Waals surface area (Å²) in [4.78, 5) is 13.4. The molecule has 0 radical (unpaired) electrons. The molecule has 1 aliphatic rings. The van der Waals surface area contributed by atoms with Gasteiger partial charge in [0, 0.05) is 13.7 Å². The van der Waals surface area contributed by atoms with Crippen molar-refractivity contribution >= 4 is 11.9 Å². The zero-order valence-corrected chi connectivity index (χ0v) is 11.1. The standard InChI is InChI=1S/C14H19N3O2/c1-19-10-9-17-12(13(15)16-14(17)18)8-7-11-5-3-2-4-6-11/h2-6,12H,7-10H2,1H3,(H2,15,16,18). The van der Waals surface area contributed by atoms with Crippen LogP contribution in [-0.2, 0) is 11.2 Å². The minimum absolute atomic E-state index is 0.164. The summed E-state index contributed by atoms with van der Waals surface area (Å²) < 4.78 is 5.01. The van der Waals surface area contributed by atoms with E-state index in [1.54, 1.807) is 12.0 Å². The van der Waals surface area contributed by atoms with Gasteiger partial charge in [0.1, 0.15) is 5.84 Å². The Kier molecular flexibility index (Phi) is 4.52. The fraction of sp³-hybridized carbons (Fsp3) is 0.429. The van der Waals surface area contributed by atoms with E-state index in [4.69, 9.17) is 10.1 Å². The smallest absolute Gasteiger partial charge is 0.323 e. The molecule has 5 heteroatoms. The Morgan fingerprint density at radius 1 is 1.37 bits per heavy atom. The summed E-state index contributed by atoms with van der Waals surface area (Å²) in [5, 5.41) is 10.4. The fourth-order valence-corrected chi connectivity index (χ4v) is 2.26. The zero-order valence-electron chi connectivity index (χ0n) is 11.1. The average Bonchev–Trinajstić information content (AvgIpc) is 2.69. The minimum atomic E-state index is -0.194. The van der Waals surface area contributed by atoms with Crippen LogP contribution in [0.25, 0.3) is 0 Å².